The van der Waals surface area contributed by atoms with Crippen molar-refractivity contribution in [1.82, 2.24) is 4.90 Å². The lowest BCUT2D eigenvalue weighted by Gasteiger charge is -2.23. The fourth-order valence-electron chi connectivity index (χ4n) is 2.94. The van der Waals surface area contributed by atoms with Crippen LogP contribution in [-0.4, -0.2) is 35.3 Å². The second kappa shape index (κ2) is 7.32. The van der Waals surface area contributed by atoms with E-state index in [1.807, 2.05) is 13.8 Å². The van der Waals surface area contributed by atoms with E-state index in [1.165, 1.54) is 0 Å². The van der Waals surface area contributed by atoms with Gasteiger partial charge in [-0.2, -0.15) is 0 Å². The number of carbonyl (C=O) groups is 2. The van der Waals surface area contributed by atoms with Gasteiger partial charge in [-0.25, -0.2) is 0 Å². The quantitative estimate of drug-likeness (QED) is 0.867. The molecule has 1 aromatic carbocycles. The van der Waals surface area contributed by atoms with Gasteiger partial charge in [-0.3, -0.25) is 9.59 Å². The Kier molecular flexibility index (Phi) is 5.65. The van der Waals surface area contributed by atoms with Crippen LogP contribution >= 0.6 is 11.6 Å². The predicted octanol–water partition coefficient (Wildman–Crippen LogP) is 3.03. The van der Waals surface area contributed by atoms with Crippen LogP contribution in [0, 0.1) is 0 Å². The second-order valence-corrected chi connectivity index (χ2v) is 6.40. The van der Waals surface area contributed by atoms with Gasteiger partial charge in [0, 0.05) is 18.8 Å². The van der Waals surface area contributed by atoms with Crippen LogP contribution in [0.3, 0.4) is 0 Å². The molecule has 126 valence electrons. The number of hydrogen-bond acceptors (Lipinski definition) is 3. The molecule has 0 spiro atoms. The molecule has 1 aliphatic rings. The zero-order valence-electron chi connectivity index (χ0n) is 13.7. The molecule has 2 amide bonds. The zero-order chi connectivity index (χ0) is 17.0. The van der Waals surface area contributed by atoms with Gasteiger partial charge >= 0.3 is 0 Å². The molecular formula is C17H24ClN3O2. The number of rotatable bonds is 5. The third-order valence-electron chi connectivity index (χ3n) is 4.46. The van der Waals surface area contributed by atoms with Crippen LogP contribution in [0.15, 0.2) is 18.2 Å². The molecule has 0 aliphatic heterocycles. The van der Waals surface area contributed by atoms with E-state index >= 15 is 0 Å². The summed E-state index contributed by atoms with van der Waals surface area (Å²) < 4.78 is 0. The Hall–Kier alpha value is -1.59. The molecule has 5 nitrogen and oxygen atoms in total. The minimum absolute atomic E-state index is 0.107. The molecule has 1 fully saturated rings. The van der Waals surface area contributed by atoms with Gasteiger partial charge in [-0.15, -0.1) is 0 Å². The molecule has 0 saturated heterocycles. The molecular weight excluding hydrogens is 314 g/mol. The zero-order valence-corrected chi connectivity index (χ0v) is 14.4. The van der Waals surface area contributed by atoms with Crippen molar-refractivity contribution in [3.05, 3.63) is 28.8 Å². The Morgan fingerprint density at radius 2 is 1.87 bits per heavy atom. The number of benzene rings is 1. The summed E-state index contributed by atoms with van der Waals surface area (Å²) in [6.45, 7) is 5.10. The average molecular weight is 338 g/mol. The van der Waals surface area contributed by atoms with E-state index in [4.69, 9.17) is 17.3 Å². The Bertz CT molecular complexity index is 594. The Morgan fingerprint density at radius 1 is 1.26 bits per heavy atom. The normalized spacial score (nSPS) is 16.2. The van der Waals surface area contributed by atoms with Gasteiger partial charge < -0.3 is 16.0 Å². The summed E-state index contributed by atoms with van der Waals surface area (Å²) in [6, 6.07) is 4.95. The largest absolute Gasteiger partial charge is 0.339 e. The Balaban J connectivity index is 2.13. The first kappa shape index (κ1) is 17.8. The number of nitrogens with one attached hydrogen (secondary N) is 1. The van der Waals surface area contributed by atoms with Crippen molar-refractivity contribution in [2.45, 2.75) is 45.1 Å². The van der Waals surface area contributed by atoms with Crippen molar-refractivity contribution < 1.29 is 9.59 Å². The number of hydrogen-bond donors (Lipinski definition) is 2. The van der Waals surface area contributed by atoms with Crippen molar-refractivity contribution in [3.8, 4) is 0 Å². The predicted molar refractivity (Wildman–Crippen MR) is 92.7 cm³/mol. The van der Waals surface area contributed by atoms with E-state index in [0.717, 1.165) is 12.8 Å². The SMILES string of the molecule is CCN(CC)C(=O)c1ccc(NC(=O)C2(N)CCCC2)cc1Cl. The highest BCUT2D eigenvalue weighted by Gasteiger charge is 2.37. The Labute approximate surface area is 142 Å². The fourth-order valence-corrected chi connectivity index (χ4v) is 3.20. The van der Waals surface area contributed by atoms with E-state index in [9.17, 15) is 9.59 Å². The van der Waals surface area contributed by atoms with Gasteiger partial charge in [0.2, 0.25) is 5.91 Å². The smallest absolute Gasteiger partial charge is 0.255 e. The number of amides is 2. The second-order valence-electron chi connectivity index (χ2n) is 5.99. The standard InChI is InChI=1S/C17H24ClN3O2/c1-3-21(4-2)15(22)13-8-7-12(11-14(13)18)20-16(23)17(19)9-5-6-10-17/h7-8,11H,3-6,9-10,19H2,1-2H3,(H,20,23). The minimum atomic E-state index is -0.789. The first-order valence-corrected chi connectivity index (χ1v) is 8.48. The fraction of sp³-hybridized carbons (Fsp3) is 0.529. The molecule has 1 saturated carbocycles. The summed E-state index contributed by atoms with van der Waals surface area (Å²) in [5.74, 6) is -0.294. The van der Waals surface area contributed by atoms with Crippen molar-refractivity contribution in [2.24, 2.45) is 5.73 Å². The van der Waals surface area contributed by atoms with Crippen LogP contribution in [0.4, 0.5) is 5.69 Å². The maximum atomic E-state index is 12.4. The highest BCUT2D eigenvalue weighted by molar-refractivity contribution is 6.34. The van der Waals surface area contributed by atoms with Crippen LogP contribution in [0.5, 0.6) is 0 Å². The third-order valence-corrected chi connectivity index (χ3v) is 4.77. The molecule has 0 heterocycles. The van der Waals surface area contributed by atoms with Gasteiger partial charge in [0.25, 0.3) is 5.91 Å². The monoisotopic (exact) mass is 337 g/mol. The molecule has 0 bridgehead atoms. The Morgan fingerprint density at radius 3 is 2.39 bits per heavy atom. The van der Waals surface area contributed by atoms with Crippen LogP contribution in [0.2, 0.25) is 5.02 Å². The van der Waals surface area contributed by atoms with Crippen molar-refractivity contribution in [1.29, 1.82) is 0 Å². The van der Waals surface area contributed by atoms with Gasteiger partial charge in [0.1, 0.15) is 0 Å². The number of anilines is 1. The highest BCUT2D eigenvalue weighted by atomic mass is 35.5. The molecule has 3 N–H and O–H groups in total. The van der Waals surface area contributed by atoms with E-state index in [1.54, 1.807) is 23.1 Å². The van der Waals surface area contributed by atoms with Crippen molar-refractivity contribution in [2.75, 3.05) is 18.4 Å². The number of halogens is 1. The summed E-state index contributed by atoms with van der Waals surface area (Å²) >= 11 is 6.23. The van der Waals surface area contributed by atoms with E-state index in [-0.39, 0.29) is 11.8 Å². The summed E-state index contributed by atoms with van der Waals surface area (Å²) in [5.41, 5.74) is 6.35. The average Bonchev–Trinajstić information content (AvgIpc) is 2.96. The molecule has 0 radical (unpaired) electrons. The first-order chi connectivity index (χ1) is 10.9. The van der Waals surface area contributed by atoms with E-state index in [2.05, 4.69) is 5.32 Å². The van der Waals surface area contributed by atoms with Crippen LogP contribution in [0.1, 0.15) is 49.9 Å². The highest BCUT2D eigenvalue weighted by Crippen LogP contribution is 2.29. The summed E-state index contributed by atoms with van der Waals surface area (Å²) in [6.07, 6.45) is 3.35. The maximum Gasteiger partial charge on any atom is 0.255 e. The minimum Gasteiger partial charge on any atom is -0.339 e. The molecule has 2 rings (SSSR count). The molecule has 0 aromatic heterocycles. The van der Waals surface area contributed by atoms with Gasteiger partial charge in [0.05, 0.1) is 16.1 Å². The molecule has 0 atom stereocenters. The molecule has 1 aliphatic carbocycles. The first-order valence-electron chi connectivity index (χ1n) is 8.10. The van der Waals surface area contributed by atoms with Crippen molar-refractivity contribution >= 4 is 29.1 Å². The van der Waals surface area contributed by atoms with E-state index in [0.29, 0.717) is 42.2 Å². The molecule has 23 heavy (non-hydrogen) atoms. The molecule has 6 heteroatoms. The maximum absolute atomic E-state index is 12.4. The summed E-state index contributed by atoms with van der Waals surface area (Å²) in [7, 11) is 0. The third kappa shape index (κ3) is 3.85. The van der Waals surface area contributed by atoms with Gasteiger partial charge in [0.15, 0.2) is 0 Å². The topological polar surface area (TPSA) is 75.4 Å². The van der Waals surface area contributed by atoms with Crippen LogP contribution in [0.25, 0.3) is 0 Å². The molecule has 0 unspecified atom stereocenters. The van der Waals surface area contributed by atoms with E-state index < -0.39 is 5.54 Å². The summed E-state index contributed by atoms with van der Waals surface area (Å²) in [5, 5.41) is 3.15. The van der Waals surface area contributed by atoms with Gasteiger partial charge in [-0.1, -0.05) is 24.4 Å². The van der Waals surface area contributed by atoms with Gasteiger partial charge in [-0.05, 0) is 44.9 Å². The summed E-state index contributed by atoms with van der Waals surface area (Å²) in [4.78, 5) is 26.4. The molecule has 1 aromatic rings. The number of nitrogens with two attached hydrogens (primary N) is 1. The van der Waals surface area contributed by atoms with Crippen LogP contribution in [-0.2, 0) is 4.79 Å². The van der Waals surface area contributed by atoms with Crippen LogP contribution < -0.4 is 11.1 Å². The number of nitrogens with zero attached hydrogens (tertiary/aromatic N) is 1. The lowest BCUT2D eigenvalue weighted by Crippen LogP contribution is -2.48. The lowest BCUT2D eigenvalue weighted by atomic mass is 9.98. The lowest BCUT2D eigenvalue weighted by molar-refractivity contribution is -0.121. The van der Waals surface area contributed by atoms with Crippen molar-refractivity contribution in [3.63, 3.8) is 0 Å². The number of carbonyl (C=O) groups excluding carboxylic acids is 2.